The minimum atomic E-state index is -1.76. The van der Waals surface area contributed by atoms with Gasteiger partial charge >= 0.3 is 0 Å². The molecule has 0 aromatic carbocycles. The highest BCUT2D eigenvalue weighted by Gasteiger charge is 1.93. The molecule has 11 heavy (non-hydrogen) atoms. The lowest BCUT2D eigenvalue weighted by atomic mass is 10.4. The first-order valence-electron chi connectivity index (χ1n) is 3.00. The monoisotopic (exact) mass is 156 g/mol. The first-order valence-corrected chi connectivity index (χ1v) is 3.00. The maximum atomic E-state index is 11.6. The van der Waals surface area contributed by atoms with Gasteiger partial charge in [-0.2, -0.15) is 8.78 Å². The van der Waals surface area contributed by atoms with Crippen LogP contribution in [0.2, 0.25) is 0 Å². The van der Waals surface area contributed by atoms with E-state index in [-0.39, 0.29) is 5.69 Å². The molecular formula is C7H6F2N2. The van der Waals surface area contributed by atoms with E-state index in [2.05, 4.69) is 9.97 Å². The van der Waals surface area contributed by atoms with E-state index in [0.29, 0.717) is 11.8 Å². The molecule has 0 amide bonds. The third-order valence-electron chi connectivity index (χ3n) is 1.06. The predicted octanol–water partition coefficient (Wildman–Crippen LogP) is 2.02. The van der Waals surface area contributed by atoms with Crippen molar-refractivity contribution in [1.82, 2.24) is 9.97 Å². The fourth-order valence-corrected chi connectivity index (χ4v) is 0.589. The number of rotatable bonds is 1. The van der Waals surface area contributed by atoms with E-state index in [4.69, 9.17) is 0 Å². The molecule has 58 valence electrons. The second kappa shape index (κ2) is 3.18. The molecule has 0 saturated carbocycles. The third-order valence-corrected chi connectivity index (χ3v) is 1.06. The van der Waals surface area contributed by atoms with Crippen LogP contribution < -0.4 is 0 Å². The Morgan fingerprint density at radius 3 is 2.55 bits per heavy atom. The zero-order valence-corrected chi connectivity index (χ0v) is 5.88. The quantitative estimate of drug-likeness (QED) is 0.621. The summed E-state index contributed by atoms with van der Waals surface area (Å²) in [5.74, 6) is 0. The van der Waals surface area contributed by atoms with Crippen molar-refractivity contribution in [2.45, 2.75) is 6.92 Å². The molecule has 1 heterocycles. The molecule has 0 N–H and O–H groups in total. The first-order chi connectivity index (χ1) is 5.18. The minimum Gasteiger partial charge on any atom is -0.258 e. The van der Waals surface area contributed by atoms with Crippen LogP contribution in [0.1, 0.15) is 11.4 Å². The van der Waals surface area contributed by atoms with E-state index in [1.807, 2.05) is 0 Å². The largest absolute Gasteiger partial charge is 0.272 e. The Morgan fingerprint density at radius 2 is 2.09 bits per heavy atom. The molecule has 0 atom stereocenters. The lowest BCUT2D eigenvalue weighted by Crippen LogP contribution is -1.85. The van der Waals surface area contributed by atoms with Gasteiger partial charge in [0.05, 0.1) is 17.6 Å². The summed E-state index contributed by atoms with van der Waals surface area (Å²) in [6.45, 7) is 1.74. The normalized spacial score (nSPS) is 9.36. The Balaban J connectivity index is 2.91. The molecule has 0 saturated heterocycles. The molecule has 0 bridgehead atoms. The molecule has 0 spiro atoms. The average molecular weight is 156 g/mol. The number of aromatic nitrogens is 2. The van der Waals surface area contributed by atoms with Crippen LogP contribution in [0, 0.1) is 6.92 Å². The van der Waals surface area contributed by atoms with Gasteiger partial charge in [0.2, 0.25) is 0 Å². The molecule has 0 aliphatic carbocycles. The molecule has 1 aromatic heterocycles. The van der Waals surface area contributed by atoms with E-state index in [0.717, 1.165) is 0 Å². The van der Waals surface area contributed by atoms with Crippen molar-refractivity contribution in [2.24, 2.45) is 0 Å². The van der Waals surface area contributed by atoms with Crippen LogP contribution in [0.25, 0.3) is 6.08 Å². The van der Waals surface area contributed by atoms with Gasteiger partial charge in [-0.25, -0.2) is 0 Å². The van der Waals surface area contributed by atoms with Crippen LogP contribution in [0.15, 0.2) is 18.5 Å². The standard InChI is InChI=1S/C7H6F2N2/c1-5-3-11-6(4-10-5)2-7(8)9/h2-4H,1H3. The highest BCUT2D eigenvalue weighted by Crippen LogP contribution is 2.04. The number of hydrogen-bond donors (Lipinski definition) is 0. The van der Waals surface area contributed by atoms with Gasteiger partial charge in [0.1, 0.15) is 0 Å². The molecule has 0 radical (unpaired) electrons. The summed E-state index contributed by atoms with van der Waals surface area (Å²) >= 11 is 0. The van der Waals surface area contributed by atoms with Gasteiger partial charge in [-0.05, 0) is 6.92 Å². The van der Waals surface area contributed by atoms with Gasteiger partial charge in [-0.15, -0.1) is 0 Å². The summed E-state index contributed by atoms with van der Waals surface area (Å²) in [6, 6.07) is 0. The predicted molar refractivity (Wildman–Crippen MR) is 37.0 cm³/mol. The van der Waals surface area contributed by atoms with Crippen molar-refractivity contribution in [3.8, 4) is 0 Å². The van der Waals surface area contributed by atoms with E-state index in [9.17, 15) is 8.78 Å². The molecule has 0 fully saturated rings. The smallest absolute Gasteiger partial charge is 0.258 e. The van der Waals surface area contributed by atoms with Crippen LogP contribution in [-0.4, -0.2) is 9.97 Å². The average Bonchev–Trinajstić information content (AvgIpc) is 1.93. The summed E-state index contributed by atoms with van der Waals surface area (Å²) in [7, 11) is 0. The molecular weight excluding hydrogens is 150 g/mol. The summed E-state index contributed by atoms with van der Waals surface area (Å²) in [5, 5.41) is 0. The van der Waals surface area contributed by atoms with Gasteiger partial charge in [-0.3, -0.25) is 9.97 Å². The van der Waals surface area contributed by atoms with Crippen molar-refractivity contribution >= 4 is 6.08 Å². The molecule has 2 nitrogen and oxygen atoms in total. The van der Waals surface area contributed by atoms with Crippen molar-refractivity contribution < 1.29 is 8.78 Å². The Labute approximate surface area is 62.6 Å². The van der Waals surface area contributed by atoms with Crippen LogP contribution in [0.5, 0.6) is 0 Å². The van der Waals surface area contributed by atoms with Crippen molar-refractivity contribution in [2.75, 3.05) is 0 Å². The van der Waals surface area contributed by atoms with Crippen LogP contribution in [-0.2, 0) is 0 Å². The van der Waals surface area contributed by atoms with Crippen molar-refractivity contribution in [3.63, 3.8) is 0 Å². The second-order valence-electron chi connectivity index (χ2n) is 2.02. The summed E-state index contributed by atoms with van der Waals surface area (Å²) in [5.41, 5.74) is 0.886. The second-order valence-corrected chi connectivity index (χ2v) is 2.02. The maximum absolute atomic E-state index is 11.6. The molecule has 1 aromatic rings. The van der Waals surface area contributed by atoms with Crippen LogP contribution >= 0.6 is 0 Å². The van der Waals surface area contributed by atoms with Crippen LogP contribution in [0.3, 0.4) is 0 Å². The third kappa shape index (κ3) is 2.41. The van der Waals surface area contributed by atoms with Crippen molar-refractivity contribution in [3.05, 3.63) is 29.9 Å². The Kier molecular flexibility index (Phi) is 2.25. The minimum absolute atomic E-state index is 0.176. The lowest BCUT2D eigenvalue weighted by molar-refractivity contribution is 0.429. The van der Waals surface area contributed by atoms with Crippen molar-refractivity contribution in [1.29, 1.82) is 0 Å². The Morgan fingerprint density at radius 1 is 1.36 bits per heavy atom. The fourth-order valence-electron chi connectivity index (χ4n) is 0.589. The van der Waals surface area contributed by atoms with E-state index < -0.39 is 6.08 Å². The summed E-state index contributed by atoms with van der Waals surface area (Å²) in [6.07, 6.45) is 1.65. The van der Waals surface area contributed by atoms with E-state index >= 15 is 0 Å². The molecule has 0 aliphatic rings. The van der Waals surface area contributed by atoms with E-state index in [1.165, 1.54) is 12.4 Å². The van der Waals surface area contributed by atoms with Gasteiger partial charge in [0, 0.05) is 12.3 Å². The van der Waals surface area contributed by atoms with Gasteiger partial charge in [0.15, 0.2) is 0 Å². The summed E-state index contributed by atoms with van der Waals surface area (Å²) < 4.78 is 23.2. The number of hydrogen-bond acceptors (Lipinski definition) is 2. The van der Waals surface area contributed by atoms with Gasteiger partial charge < -0.3 is 0 Å². The molecule has 0 aliphatic heterocycles. The summed E-state index contributed by atoms with van der Waals surface area (Å²) in [4.78, 5) is 7.49. The zero-order chi connectivity index (χ0) is 8.27. The number of halogens is 2. The maximum Gasteiger partial charge on any atom is 0.272 e. The number of nitrogens with zero attached hydrogens (tertiary/aromatic N) is 2. The van der Waals surface area contributed by atoms with E-state index in [1.54, 1.807) is 6.92 Å². The zero-order valence-electron chi connectivity index (χ0n) is 5.88. The van der Waals surface area contributed by atoms with Gasteiger partial charge in [-0.1, -0.05) is 0 Å². The SMILES string of the molecule is Cc1cnc(C=C(F)F)cn1. The number of aryl methyl sites for hydroxylation is 1. The Bertz CT molecular complexity index is 262. The highest BCUT2D eigenvalue weighted by atomic mass is 19.3. The molecule has 0 unspecified atom stereocenters. The van der Waals surface area contributed by atoms with Crippen LogP contribution in [0.4, 0.5) is 8.78 Å². The fraction of sp³-hybridized carbons (Fsp3) is 0.143. The Hall–Kier alpha value is -1.32. The van der Waals surface area contributed by atoms with Gasteiger partial charge in [0.25, 0.3) is 6.08 Å². The topological polar surface area (TPSA) is 25.8 Å². The lowest BCUT2D eigenvalue weighted by Gasteiger charge is -1.91. The first kappa shape index (κ1) is 7.78. The molecule has 4 heteroatoms. The molecule has 1 rings (SSSR count). The highest BCUT2D eigenvalue weighted by molar-refractivity contribution is 5.43.